The molecule has 26 heavy (non-hydrogen) atoms. The summed E-state index contributed by atoms with van der Waals surface area (Å²) >= 11 is 0. The van der Waals surface area contributed by atoms with Crippen molar-refractivity contribution in [3.8, 4) is 0 Å². The molecule has 4 nitrogen and oxygen atoms in total. The number of aryl methyl sites for hydroxylation is 1. The molecule has 1 heterocycles. The van der Waals surface area contributed by atoms with Crippen molar-refractivity contribution in [2.45, 2.75) is 13.0 Å². The van der Waals surface area contributed by atoms with E-state index in [4.69, 9.17) is 4.74 Å². The van der Waals surface area contributed by atoms with Crippen LogP contribution in [0.3, 0.4) is 0 Å². The van der Waals surface area contributed by atoms with Crippen molar-refractivity contribution in [3.63, 3.8) is 0 Å². The smallest absolute Gasteiger partial charge is 0.0606 e. The summed E-state index contributed by atoms with van der Waals surface area (Å²) in [4.78, 5) is 6.85. The summed E-state index contributed by atoms with van der Waals surface area (Å²) in [6, 6.07) is 16.1. The standard InChI is InChI=1S/C22H31N3O/c1-17-16-20(24(4)5)10-11-21(17)22(25-12-14-26-15-13-25)18-6-8-19(9-7-18)23(2)3/h6-11,16,22H,12-15H2,1-5H3. The number of ether oxygens (including phenoxy) is 1. The van der Waals surface area contributed by atoms with Crippen LogP contribution in [0.1, 0.15) is 22.7 Å². The van der Waals surface area contributed by atoms with Crippen molar-refractivity contribution >= 4 is 11.4 Å². The lowest BCUT2D eigenvalue weighted by molar-refractivity contribution is 0.0238. The molecule has 0 radical (unpaired) electrons. The third-order valence-corrected chi connectivity index (χ3v) is 5.20. The largest absolute Gasteiger partial charge is 0.379 e. The van der Waals surface area contributed by atoms with Gasteiger partial charge in [0.15, 0.2) is 0 Å². The van der Waals surface area contributed by atoms with Crippen molar-refractivity contribution in [2.75, 3.05) is 64.3 Å². The predicted octanol–water partition coefficient (Wildman–Crippen LogP) is 3.55. The number of anilines is 2. The number of hydrogen-bond donors (Lipinski definition) is 0. The summed E-state index contributed by atoms with van der Waals surface area (Å²) in [5, 5.41) is 0. The van der Waals surface area contributed by atoms with Crippen LogP contribution in [0, 0.1) is 6.92 Å². The van der Waals surface area contributed by atoms with Gasteiger partial charge >= 0.3 is 0 Å². The Hall–Kier alpha value is -2.04. The van der Waals surface area contributed by atoms with E-state index in [9.17, 15) is 0 Å². The van der Waals surface area contributed by atoms with E-state index in [0.717, 1.165) is 26.3 Å². The fourth-order valence-corrected chi connectivity index (χ4v) is 3.62. The van der Waals surface area contributed by atoms with Crippen molar-refractivity contribution < 1.29 is 4.74 Å². The van der Waals surface area contributed by atoms with Crippen LogP contribution in [0.15, 0.2) is 42.5 Å². The van der Waals surface area contributed by atoms with Crippen LogP contribution in [0.4, 0.5) is 11.4 Å². The molecule has 0 aromatic heterocycles. The molecule has 0 aliphatic carbocycles. The SMILES string of the molecule is Cc1cc(N(C)C)ccc1C(c1ccc(N(C)C)cc1)N1CCOCC1. The maximum absolute atomic E-state index is 5.60. The number of hydrogen-bond acceptors (Lipinski definition) is 4. The highest BCUT2D eigenvalue weighted by Crippen LogP contribution is 2.33. The minimum atomic E-state index is 0.270. The van der Waals surface area contributed by atoms with Crippen LogP contribution >= 0.6 is 0 Å². The second-order valence-electron chi connectivity index (χ2n) is 7.47. The van der Waals surface area contributed by atoms with E-state index in [1.807, 2.05) is 0 Å². The Balaban J connectivity index is 2.00. The maximum atomic E-state index is 5.60. The van der Waals surface area contributed by atoms with Crippen molar-refractivity contribution in [3.05, 3.63) is 59.2 Å². The predicted molar refractivity (Wildman–Crippen MR) is 111 cm³/mol. The van der Waals surface area contributed by atoms with Gasteiger partial charge in [0.05, 0.1) is 19.3 Å². The van der Waals surface area contributed by atoms with Gasteiger partial charge in [-0.1, -0.05) is 18.2 Å². The molecule has 0 saturated carbocycles. The van der Waals surface area contributed by atoms with Gasteiger partial charge in [-0.3, -0.25) is 4.90 Å². The van der Waals surface area contributed by atoms with E-state index < -0.39 is 0 Å². The molecule has 2 aromatic rings. The second-order valence-corrected chi connectivity index (χ2v) is 7.47. The van der Waals surface area contributed by atoms with Gasteiger partial charge in [-0.15, -0.1) is 0 Å². The maximum Gasteiger partial charge on any atom is 0.0606 e. The first-order valence-corrected chi connectivity index (χ1v) is 9.34. The van der Waals surface area contributed by atoms with Crippen LogP contribution in [0.5, 0.6) is 0 Å². The molecular weight excluding hydrogens is 322 g/mol. The Morgan fingerprint density at radius 2 is 1.42 bits per heavy atom. The molecule has 3 rings (SSSR count). The van der Waals surface area contributed by atoms with Crippen molar-refractivity contribution in [1.82, 2.24) is 4.90 Å². The van der Waals surface area contributed by atoms with Crippen LogP contribution in [0.2, 0.25) is 0 Å². The summed E-state index contributed by atoms with van der Waals surface area (Å²) in [5.41, 5.74) is 6.54. The molecule has 1 saturated heterocycles. The molecule has 4 heteroatoms. The Morgan fingerprint density at radius 1 is 0.846 bits per heavy atom. The van der Waals surface area contributed by atoms with E-state index >= 15 is 0 Å². The molecule has 0 N–H and O–H groups in total. The fraction of sp³-hybridized carbons (Fsp3) is 0.455. The monoisotopic (exact) mass is 353 g/mol. The minimum absolute atomic E-state index is 0.270. The van der Waals surface area contributed by atoms with Gasteiger partial charge in [0, 0.05) is 52.7 Å². The molecule has 0 bridgehead atoms. The molecule has 1 unspecified atom stereocenters. The highest BCUT2D eigenvalue weighted by atomic mass is 16.5. The first-order valence-electron chi connectivity index (χ1n) is 9.34. The highest BCUT2D eigenvalue weighted by Gasteiger charge is 2.25. The van der Waals surface area contributed by atoms with Gasteiger partial charge in [-0.25, -0.2) is 0 Å². The summed E-state index contributed by atoms with van der Waals surface area (Å²) < 4.78 is 5.60. The van der Waals surface area contributed by atoms with Crippen LogP contribution in [0.25, 0.3) is 0 Å². The molecule has 0 amide bonds. The summed E-state index contributed by atoms with van der Waals surface area (Å²) in [6.07, 6.45) is 0. The van der Waals surface area contributed by atoms with Gasteiger partial charge in [-0.05, 0) is 47.9 Å². The topological polar surface area (TPSA) is 19.0 Å². The first kappa shape index (κ1) is 18.7. The minimum Gasteiger partial charge on any atom is -0.379 e. The fourth-order valence-electron chi connectivity index (χ4n) is 3.62. The Morgan fingerprint density at radius 3 is 1.96 bits per heavy atom. The lowest BCUT2D eigenvalue weighted by Gasteiger charge is -2.36. The highest BCUT2D eigenvalue weighted by molar-refractivity contribution is 5.53. The molecule has 1 fully saturated rings. The molecule has 2 aromatic carbocycles. The van der Waals surface area contributed by atoms with Gasteiger partial charge in [-0.2, -0.15) is 0 Å². The molecule has 0 spiro atoms. The normalized spacial score (nSPS) is 16.3. The second kappa shape index (κ2) is 8.11. The average molecular weight is 354 g/mol. The third kappa shape index (κ3) is 4.02. The van der Waals surface area contributed by atoms with Crippen molar-refractivity contribution in [2.24, 2.45) is 0 Å². The van der Waals surface area contributed by atoms with Crippen LogP contribution < -0.4 is 9.80 Å². The quantitative estimate of drug-likeness (QED) is 0.818. The average Bonchev–Trinajstić information content (AvgIpc) is 2.64. The lowest BCUT2D eigenvalue weighted by Crippen LogP contribution is -2.39. The van der Waals surface area contributed by atoms with E-state index in [1.54, 1.807) is 0 Å². The van der Waals surface area contributed by atoms with Crippen molar-refractivity contribution in [1.29, 1.82) is 0 Å². The first-order chi connectivity index (χ1) is 12.5. The van der Waals surface area contributed by atoms with E-state index in [0.29, 0.717) is 0 Å². The molecular formula is C22H31N3O. The van der Waals surface area contributed by atoms with Gasteiger partial charge in [0.1, 0.15) is 0 Å². The Kier molecular flexibility index (Phi) is 5.84. The molecule has 1 atom stereocenters. The van der Waals surface area contributed by atoms with Gasteiger partial charge in [0.2, 0.25) is 0 Å². The van der Waals surface area contributed by atoms with Crippen LogP contribution in [-0.4, -0.2) is 59.4 Å². The van der Waals surface area contributed by atoms with E-state index in [1.165, 1.54) is 28.1 Å². The van der Waals surface area contributed by atoms with Gasteiger partial charge in [0.25, 0.3) is 0 Å². The number of nitrogens with zero attached hydrogens (tertiary/aromatic N) is 3. The molecule has 140 valence electrons. The van der Waals surface area contributed by atoms with Gasteiger partial charge < -0.3 is 14.5 Å². The molecule has 1 aliphatic heterocycles. The Bertz CT molecular complexity index is 719. The number of rotatable bonds is 5. The van der Waals surface area contributed by atoms with Crippen LogP contribution in [-0.2, 0) is 4.74 Å². The van der Waals surface area contributed by atoms with E-state index in [2.05, 4.69) is 92.3 Å². The number of morpholine rings is 1. The summed E-state index contributed by atoms with van der Waals surface area (Å²) in [5.74, 6) is 0. The zero-order valence-electron chi connectivity index (χ0n) is 16.7. The Labute approximate surface area is 158 Å². The molecule has 1 aliphatic rings. The van der Waals surface area contributed by atoms with E-state index in [-0.39, 0.29) is 6.04 Å². The summed E-state index contributed by atoms with van der Waals surface area (Å²) in [6.45, 7) is 5.77. The zero-order valence-corrected chi connectivity index (χ0v) is 16.7. The summed E-state index contributed by atoms with van der Waals surface area (Å²) in [7, 11) is 8.35. The number of benzene rings is 2. The third-order valence-electron chi connectivity index (χ3n) is 5.20. The zero-order chi connectivity index (χ0) is 18.7. The lowest BCUT2D eigenvalue weighted by atomic mass is 9.92.